The molecule has 7 nitrogen and oxygen atoms in total. The maximum Gasteiger partial charge on any atom is 0.416 e. The Bertz CT molecular complexity index is 768. The van der Waals surface area contributed by atoms with Gasteiger partial charge in [-0.3, -0.25) is 9.69 Å². The van der Waals surface area contributed by atoms with Crippen molar-refractivity contribution >= 4 is 24.0 Å². The lowest BCUT2D eigenvalue weighted by Gasteiger charge is -2.33. The van der Waals surface area contributed by atoms with Crippen LogP contribution in [0.25, 0.3) is 5.69 Å². The number of amides is 1. The third kappa shape index (κ3) is 5.18. The Hall–Kier alpha value is -2.17. The van der Waals surface area contributed by atoms with Gasteiger partial charge in [-0.25, -0.2) is 9.67 Å². The quantitative estimate of drug-likeness (QED) is 0.814. The molecule has 2 heterocycles. The molecule has 0 aliphatic carbocycles. The van der Waals surface area contributed by atoms with Crippen LogP contribution in [-0.4, -0.2) is 57.8 Å². The average Bonchev–Trinajstić information content (AvgIpc) is 3.10. The number of rotatable bonds is 4. The minimum absolute atomic E-state index is 0. The Morgan fingerprint density at radius 2 is 2.19 bits per heavy atom. The van der Waals surface area contributed by atoms with Gasteiger partial charge in [-0.2, -0.15) is 18.3 Å². The molecule has 3 rings (SSSR count). The molecule has 0 bridgehead atoms. The van der Waals surface area contributed by atoms with E-state index >= 15 is 0 Å². The monoisotopic (exact) mass is 404 g/mol. The van der Waals surface area contributed by atoms with Gasteiger partial charge in [0.2, 0.25) is 5.91 Å². The van der Waals surface area contributed by atoms with Gasteiger partial charge in [0.15, 0.2) is 0 Å². The Balaban J connectivity index is 0.00000261. The van der Waals surface area contributed by atoms with Crippen LogP contribution in [0, 0.1) is 0 Å². The number of carbonyl (C=O) groups is 1. The van der Waals surface area contributed by atoms with Crippen molar-refractivity contribution in [2.45, 2.75) is 19.1 Å². The lowest BCUT2D eigenvalue weighted by molar-refractivity contribution is -0.137. The molecule has 1 fully saturated rings. The SMILES string of the molecule is C[C@@H]1CNCCN1CC(=O)Nc1cc(C(F)(F)F)ccc1-n1cncn1.Cl. The number of alkyl halides is 3. The third-order valence-corrected chi connectivity index (χ3v) is 4.25. The number of aromatic nitrogens is 3. The van der Waals surface area contributed by atoms with Crippen LogP contribution in [0.3, 0.4) is 0 Å². The second-order valence-corrected chi connectivity index (χ2v) is 6.14. The van der Waals surface area contributed by atoms with Gasteiger partial charge in [0.05, 0.1) is 23.5 Å². The topological polar surface area (TPSA) is 75.1 Å². The van der Waals surface area contributed by atoms with Crippen LogP contribution in [0.5, 0.6) is 0 Å². The molecular formula is C16H20ClF3N6O. The zero-order valence-electron chi connectivity index (χ0n) is 14.5. The minimum atomic E-state index is -4.51. The van der Waals surface area contributed by atoms with Crippen LogP contribution in [0.4, 0.5) is 18.9 Å². The molecule has 1 saturated heterocycles. The first-order valence-corrected chi connectivity index (χ1v) is 8.15. The first kappa shape index (κ1) is 21.1. The fourth-order valence-corrected chi connectivity index (χ4v) is 2.84. The molecule has 1 aromatic carbocycles. The number of benzene rings is 1. The van der Waals surface area contributed by atoms with Crippen molar-refractivity contribution in [3.63, 3.8) is 0 Å². The lowest BCUT2D eigenvalue weighted by Crippen LogP contribution is -2.52. The van der Waals surface area contributed by atoms with Crippen molar-refractivity contribution in [1.82, 2.24) is 25.0 Å². The van der Waals surface area contributed by atoms with Crippen molar-refractivity contribution in [2.75, 3.05) is 31.5 Å². The summed E-state index contributed by atoms with van der Waals surface area (Å²) in [4.78, 5) is 18.2. The Morgan fingerprint density at radius 1 is 1.41 bits per heavy atom. The first-order valence-electron chi connectivity index (χ1n) is 8.15. The highest BCUT2D eigenvalue weighted by Gasteiger charge is 2.31. The second-order valence-electron chi connectivity index (χ2n) is 6.14. The third-order valence-electron chi connectivity index (χ3n) is 4.25. The van der Waals surface area contributed by atoms with E-state index in [0.29, 0.717) is 12.2 Å². The molecule has 1 atom stereocenters. The van der Waals surface area contributed by atoms with E-state index in [1.165, 1.54) is 23.4 Å². The van der Waals surface area contributed by atoms with Crippen molar-refractivity contribution in [3.05, 3.63) is 36.4 Å². The molecule has 2 aromatic rings. The van der Waals surface area contributed by atoms with Crippen LogP contribution >= 0.6 is 12.4 Å². The van der Waals surface area contributed by atoms with E-state index in [9.17, 15) is 18.0 Å². The molecule has 1 amide bonds. The van der Waals surface area contributed by atoms with Crippen molar-refractivity contribution < 1.29 is 18.0 Å². The van der Waals surface area contributed by atoms with Crippen molar-refractivity contribution in [2.24, 2.45) is 0 Å². The van der Waals surface area contributed by atoms with Crippen LogP contribution in [0.15, 0.2) is 30.9 Å². The van der Waals surface area contributed by atoms with E-state index in [-0.39, 0.29) is 36.6 Å². The summed E-state index contributed by atoms with van der Waals surface area (Å²) in [5, 5.41) is 9.74. The summed E-state index contributed by atoms with van der Waals surface area (Å²) in [6.45, 7) is 4.33. The van der Waals surface area contributed by atoms with E-state index in [4.69, 9.17) is 0 Å². The van der Waals surface area contributed by atoms with Crippen LogP contribution in [-0.2, 0) is 11.0 Å². The van der Waals surface area contributed by atoms with Gasteiger partial charge < -0.3 is 10.6 Å². The highest BCUT2D eigenvalue weighted by Crippen LogP contribution is 2.33. The molecule has 0 radical (unpaired) electrons. The van der Waals surface area contributed by atoms with Crippen molar-refractivity contribution in [3.8, 4) is 5.69 Å². The number of anilines is 1. The normalized spacial score (nSPS) is 18.0. The minimum Gasteiger partial charge on any atom is -0.323 e. The van der Waals surface area contributed by atoms with E-state index in [1.54, 1.807) is 0 Å². The first-order chi connectivity index (χ1) is 12.3. The number of hydrogen-bond acceptors (Lipinski definition) is 5. The second kappa shape index (κ2) is 8.68. The molecule has 0 saturated carbocycles. The lowest BCUT2D eigenvalue weighted by atomic mass is 10.1. The Kier molecular flexibility index (Phi) is 6.79. The molecule has 11 heteroatoms. The van der Waals surface area contributed by atoms with Gasteiger partial charge in [-0.15, -0.1) is 12.4 Å². The van der Waals surface area contributed by atoms with E-state index < -0.39 is 11.7 Å². The van der Waals surface area contributed by atoms with Crippen LogP contribution in [0.2, 0.25) is 0 Å². The van der Waals surface area contributed by atoms with Crippen LogP contribution in [0.1, 0.15) is 12.5 Å². The number of nitrogens with zero attached hydrogens (tertiary/aromatic N) is 4. The van der Waals surface area contributed by atoms with Crippen molar-refractivity contribution in [1.29, 1.82) is 0 Å². The summed E-state index contributed by atoms with van der Waals surface area (Å²) in [6.07, 6.45) is -1.88. The molecule has 148 valence electrons. The zero-order chi connectivity index (χ0) is 18.7. The number of carbonyl (C=O) groups excluding carboxylic acids is 1. The Labute approximate surface area is 160 Å². The molecule has 1 aliphatic rings. The summed E-state index contributed by atoms with van der Waals surface area (Å²) in [5.74, 6) is -0.376. The molecular weight excluding hydrogens is 385 g/mol. The predicted octanol–water partition coefficient (Wildman–Crippen LogP) is 1.94. The molecule has 0 unspecified atom stereocenters. The highest BCUT2D eigenvalue weighted by molar-refractivity contribution is 5.94. The standard InChI is InChI=1S/C16H19F3N6O.ClH/c1-11-7-20-4-5-24(11)8-15(26)23-13-6-12(16(17,18)19)2-3-14(13)25-10-21-9-22-25;/h2-3,6,9-11,20H,4-5,7-8H2,1H3,(H,23,26);1H/t11-;/m1./s1. The van der Waals surface area contributed by atoms with Gasteiger partial charge in [0.1, 0.15) is 12.7 Å². The molecule has 2 N–H and O–H groups in total. The summed E-state index contributed by atoms with van der Waals surface area (Å²) in [5.41, 5.74) is -0.484. The molecule has 27 heavy (non-hydrogen) atoms. The summed E-state index contributed by atoms with van der Waals surface area (Å²) in [6, 6.07) is 3.30. The fraction of sp³-hybridized carbons (Fsp3) is 0.438. The summed E-state index contributed by atoms with van der Waals surface area (Å²) < 4.78 is 40.4. The van der Waals surface area contributed by atoms with E-state index in [2.05, 4.69) is 20.7 Å². The number of halogens is 4. The smallest absolute Gasteiger partial charge is 0.323 e. The summed E-state index contributed by atoms with van der Waals surface area (Å²) in [7, 11) is 0. The van der Waals surface area contributed by atoms with Gasteiger partial charge in [-0.05, 0) is 25.1 Å². The molecule has 1 aromatic heterocycles. The number of hydrogen-bond donors (Lipinski definition) is 2. The largest absolute Gasteiger partial charge is 0.416 e. The predicted molar refractivity (Wildman–Crippen MR) is 96.1 cm³/mol. The summed E-state index contributed by atoms with van der Waals surface area (Å²) >= 11 is 0. The average molecular weight is 405 g/mol. The maximum atomic E-state index is 13.0. The van der Waals surface area contributed by atoms with Gasteiger partial charge in [-0.1, -0.05) is 0 Å². The van der Waals surface area contributed by atoms with Gasteiger partial charge >= 0.3 is 6.18 Å². The fourth-order valence-electron chi connectivity index (χ4n) is 2.84. The van der Waals surface area contributed by atoms with E-state index in [1.807, 2.05) is 11.8 Å². The molecule has 0 spiro atoms. The zero-order valence-corrected chi connectivity index (χ0v) is 15.3. The van der Waals surface area contributed by atoms with Gasteiger partial charge in [0.25, 0.3) is 0 Å². The Morgan fingerprint density at radius 3 is 2.81 bits per heavy atom. The van der Waals surface area contributed by atoms with Crippen LogP contribution < -0.4 is 10.6 Å². The highest BCUT2D eigenvalue weighted by atomic mass is 35.5. The molecule has 1 aliphatic heterocycles. The van der Waals surface area contributed by atoms with Gasteiger partial charge in [0, 0.05) is 25.7 Å². The van der Waals surface area contributed by atoms with E-state index in [0.717, 1.165) is 25.2 Å². The maximum absolute atomic E-state index is 13.0. The number of piperazine rings is 1. The number of nitrogens with one attached hydrogen (secondary N) is 2.